The van der Waals surface area contributed by atoms with E-state index in [1.165, 1.54) is 0 Å². The van der Waals surface area contributed by atoms with Gasteiger partial charge in [-0.3, -0.25) is 0 Å². The van der Waals surface area contributed by atoms with Gasteiger partial charge in [-0.15, -0.1) is 0 Å². The number of nitrogens with zero attached hydrogens (tertiary/aromatic N) is 3. The largest absolute Gasteiger partial charge is 0.324 e. The number of hydrogen-bond acceptors (Lipinski definition) is 5. The van der Waals surface area contributed by atoms with Crippen molar-refractivity contribution in [2.24, 2.45) is 0 Å². The second kappa shape index (κ2) is 7.15. The van der Waals surface area contributed by atoms with Gasteiger partial charge in [-0.05, 0) is 60.8 Å². The highest BCUT2D eigenvalue weighted by Gasteiger charge is 2.09. The summed E-state index contributed by atoms with van der Waals surface area (Å²) in [5.41, 5.74) is 3.99. The smallest absolute Gasteiger partial charge is 0.233 e. The number of rotatable bonds is 4. The molecule has 0 saturated carbocycles. The zero-order chi connectivity index (χ0) is 17.1. The van der Waals surface area contributed by atoms with Crippen molar-refractivity contribution in [1.29, 1.82) is 0 Å². The maximum atomic E-state index is 6.04. The number of hydrogen-bond donors (Lipinski definition) is 2. The molecule has 0 atom stereocenters. The first-order valence-corrected chi connectivity index (χ1v) is 8.46. The molecule has 5 nitrogen and oxygen atoms in total. The normalized spacial score (nSPS) is 10.5. The van der Waals surface area contributed by atoms with Crippen LogP contribution in [0.3, 0.4) is 0 Å². The summed E-state index contributed by atoms with van der Waals surface area (Å²) in [7, 11) is 0. The highest BCUT2D eigenvalue weighted by atomic mass is 79.9. The molecule has 1 aromatic heterocycles. The summed E-state index contributed by atoms with van der Waals surface area (Å²) in [6, 6.07) is 13.7. The molecule has 7 heteroatoms. The van der Waals surface area contributed by atoms with Crippen LogP contribution in [0.15, 0.2) is 46.9 Å². The molecule has 0 saturated heterocycles. The van der Waals surface area contributed by atoms with E-state index in [-0.39, 0.29) is 5.28 Å². The lowest BCUT2D eigenvalue weighted by Gasteiger charge is -2.13. The third-order valence-corrected chi connectivity index (χ3v) is 4.00. The Labute approximate surface area is 153 Å². The van der Waals surface area contributed by atoms with Gasteiger partial charge in [0.1, 0.15) is 0 Å². The van der Waals surface area contributed by atoms with Crippen LogP contribution in [0.2, 0.25) is 5.28 Å². The number of para-hydroxylation sites is 1. The Hall–Kier alpha value is -2.18. The van der Waals surface area contributed by atoms with Crippen LogP contribution in [0.5, 0.6) is 0 Å². The van der Waals surface area contributed by atoms with Crippen molar-refractivity contribution in [3.8, 4) is 0 Å². The van der Waals surface area contributed by atoms with E-state index < -0.39 is 0 Å². The molecule has 0 fully saturated rings. The van der Waals surface area contributed by atoms with Crippen LogP contribution in [-0.4, -0.2) is 15.0 Å². The Bertz CT molecular complexity index is 847. The quantitative estimate of drug-likeness (QED) is 0.610. The molecule has 1 heterocycles. The predicted octanol–water partition coefficient (Wildman–Crippen LogP) is 5.39. The first-order chi connectivity index (χ1) is 11.5. The van der Waals surface area contributed by atoms with Crippen LogP contribution in [0, 0.1) is 13.8 Å². The fourth-order valence-electron chi connectivity index (χ4n) is 2.33. The van der Waals surface area contributed by atoms with Crippen molar-refractivity contribution in [1.82, 2.24) is 15.0 Å². The zero-order valence-electron chi connectivity index (χ0n) is 13.1. The number of nitrogens with one attached hydrogen (secondary N) is 2. The molecule has 0 unspecified atom stereocenters. The SMILES string of the molecule is Cc1cc(Br)cc(C)c1Nc1nc(Cl)nc(Nc2ccccc2)n1. The summed E-state index contributed by atoms with van der Waals surface area (Å²) in [5, 5.41) is 6.47. The Morgan fingerprint density at radius 3 is 2.08 bits per heavy atom. The first-order valence-electron chi connectivity index (χ1n) is 7.28. The topological polar surface area (TPSA) is 62.7 Å². The third-order valence-electron chi connectivity index (χ3n) is 3.37. The standard InChI is InChI=1S/C17H15BrClN5/c1-10-8-12(18)9-11(2)14(10)21-17-23-15(19)22-16(24-17)20-13-6-4-3-5-7-13/h3-9H,1-2H3,(H2,20,21,22,23,24). The average molecular weight is 405 g/mol. The van der Waals surface area contributed by atoms with Gasteiger partial charge in [0.05, 0.1) is 0 Å². The molecule has 0 amide bonds. The van der Waals surface area contributed by atoms with Crippen LogP contribution >= 0.6 is 27.5 Å². The van der Waals surface area contributed by atoms with Crippen molar-refractivity contribution in [3.05, 3.63) is 63.3 Å². The number of anilines is 4. The summed E-state index contributed by atoms with van der Waals surface area (Å²) in [6.45, 7) is 4.04. The summed E-state index contributed by atoms with van der Waals surface area (Å²) in [5.74, 6) is 0.776. The molecule has 2 N–H and O–H groups in total. The minimum absolute atomic E-state index is 0.123. The maximum absolute atomic E-state index is 6.04. The number of halogens is 2. The molecule has 0 spiro atoms. The summed E-state index contributed by atoms with van der Waals surface area (Å²) >= 11 is 9.53. The van der Waals surface area contributed by atoms with Gasteiger partial charge in [0, 0.05) is 15.8 Å². The van der Waals surface area contributed by atoms with Gasteiger partial charge in [-0.25, -0.2) is 0 Å². The van der Waals surface area contributed by atoms with Gasteiger partial charge in [0.15, 0.2) is 0 Å². The van der Waals surface area contributed by atoms with E-state index in [9.17, 15) is 0 Å². The molecule has 0 aliphatic carbocycles. The van der Waals surface area contributed by atoms with Crippen molar-refractivity contribution in [2.75, 3.05) is 10.6 Å². The van der Waals surface area contributed by atoms with Crippen LogP contribution in [0.1, 0.15) is 11.1 Å². The zero-order valence-corrected chi connectivity index (χ0v) is 15.5. The van der Waals surface area contributed by atoms with Crippen molar-refractivity contribution >= 4 is 50.8 Å². The first kappa shape index (κ1) is 16.7. The minimum atomic E-state index is 0.123. The third kappa shape index (κ3) is 4.01. The lowest BCUT2D eigenvalue weighted by Crippen LogP contribution is -2.05. The fraction of sp³-hybridized carbons (Fsp3) is 0.118. The Balaban J connectivity index is 1.89. The van der Waals surface area contributed by atoms with E-state index in [2.05, 4.69) is 41.5 Å². The van der Waals surface area contributed by atoms with Gasteiger partial charge in [0.25, 0.3) is 0 Å². The van der Waals surface area contributed by atoms with Gasteiger partial charge >= 0.3 is 0 Å². The lowest BCUT2D eigenvalue weighted by molar-refractivity contribution is 1.06. The van der Waals surface area contributed by atoms with E-state index in [0.717, 1.165) is 27.0 Å². The van der Waals surface area contributed by atoms with Crippen LogP contribution < -0.4 is 10.6 Å². The molecule has 2 aromatic carbocycles. The van der Waals surface area contributed by atoms with E-state index in [1.807, 2.05) is 56.3 Å². The van der Waals surface area contributed by atoms with Gasteiger partial charge in [0.2, 0.25) is 17.2 Å². The van der Waals surface area contributed by atoms with E-state index >= 15 is 0 Å². The van der Waals surface area contributed by atoms with Crippen molar-refractivity contribution in [2.45, 2.75) is 13.8 Å². The van der Waals surface area contributed by atoms with Crippen molar-refractivity contribution < 1.29 is 0 Å². The summed E-state index contributed by atoms with van der Waals surface area (Å²) in [6.07, 6.45) is 0. The van der Waals surface area contributed by atoms with Crippen molar-refractivity contribution in [3.63, 3.8) is 0 Å². The number of aromatic nitrogens is 3. The molecule has 24 heavy (non-hydrogen) atoms. The maximum Gasteiger partial charge on any atom is 0.233 e. The van der Waals surface area contributed by atoms with E-state index in [4.69, 9.17) is 11.6 Å². The highest BCUT2D eigenvalue weighted by Crippen LogP contribution is 2.27. The molecule has 122 valence electrons. The average Bonchev–Trinajstić information content (AvgIpc) is 2.51. The number of aryl methyl sites for hydroxylation is 2. The van der Waals surface area contributed by atoms with Gasteiger partial charge in [-0.2, -0.15) is 15.0 Å². The monoisotopic (exact) mass is 403 g/mol. The van der Waals surface area contributed by atoms with E-state index in [0.29, 0.717) is 11.9 Å². The lowest BCUT2D eigenvalue weighted by atomic mass is 10.1. The summed E-state index contributed by atoms with van der Waals surface area (Å²) < 4.78 is 1.03. The van der Waals surface area contributed by atoms with Gasteiger partial charge < -0.3 is 10.6 Å². The molecule has 3 aromatic rings. The molecular formula is C17H15BrClN5. The summed E-state index contributed by atoms with van der Waals surface area (Å²) in [4.78, 5) is 12.7. The fourth-order valence-corrected chi connectivity index (χ4v) is 3.18. The molecular weight excluding hydrogens is 390 g/mol. The Morgan fingerprint density at radius 2 is 1.46 bits per heavy atom. The molecule has 0 aliphatic rings. The Morgan fingerprint density at radius 1 is 0.875 bits per heavy atom. The Kier molecular flexibility index (Phi) is 4.97. The second-order valence-corrected chi connectivity index (χ2v) is 6.54. The predicted molar refractivity (Wildman–Crippen MR) is 101 cm³/mol. The second-order valence-electron chi connectivity index (χ2n) is 5.28. The van der Waals surface area contributed by atoms with Crippen LogP contribution in [-0.2, 0) is 0 Å². The number of benzene rings is 2. The van der Waals surface area contributed by atoms with Crippen LogP contribution in [0.25, 0.3) is 0 Å². The van der Waals surface area contributed by atoms with Crippen LogP contribution in [0.4, 0.5) is 23.3 Å². The van der Waals surface area contributed by atoms with E-state index in [1.54, 1.807) is 0 Å². The molecule has 0 radical (unpaired) electrons. The van der Waals surface area contributed by atoms with Gasteiger partial charge in [-0.1, -0.05) is 34.1 Å². The molecule has 3 rings (SSSR count). The molecule has 0 bridgehead atoms. The minimum Gasteiger partial charge on any atom is -0.324 e. The molecule has 0 aliphatic heterocycles. The highest BCUT2D eigenvalue weighted by molar-refractivity contribution is 9.10.